The summed E-state index contributed by atoms with van der Waals surface area (Å²) >= 11 is 11.1. The minimum absolute atomic E-state index is 0.145. The van der Waals surface area contributed by atoms with Crippen molar-refractivity contribution >= 4 is 60.9 Å². The lowest BCUT2D eigenvalue weighted by atomic mass is 10.6. The zero-order valence-corrected chi connectivity index (χ0v) is 10.4. The maximum Gasteiger partial charge on any atom is 0.0903 e. The van der Waals surface area contributed by atoms with Crippen molar-refractivity contribution in [2.75, 3.05) is 10.2 Å². The van der Waals surface area contributed by atoms with Gasteiger partial charge in [-0.15, -0.1) is 0 Å². The quantitative estimate of drug-likeness (QED) is 0.329. The molecule has 0 saturated heterocycles. The van der Waals surface area contributed by atoms with E-state index in [1.54, 1.807) is 0 Å². The van der Waals surface area contributed by atoms with Gasteiger partial charge in [0.1, 0.15) is 0 Å². The summed E-state index contributed by atoms with van der Waals surface area (Å²) in [5.74, 6) is 0.145. The molecule has 0 rings (SSSR count). The molecule has 0 fully saturated rings. The molecule has 0 N–H and O–H groups in total. The predicted octanol–water partition coefficient (Wildman–Crippen LogP) is 0.683. The Morgan fingerprint density at radius 1 is 1.40 bits per heavy atom. The van der Waals surface area contributed by atoms with Crippen LogP contribution in [0, 0.1) is 0 Å². The van der Waals surface area contributed by atoms with Gasteiger partial charge in [0.25, 0.3) is 0 Å². The summed E-state index contributed by atoms with van der Waals surface area (Å²) in [7, 11) is -4.40. The lowest BCUT2D eigenvalue weighted by Gasteiger charge is -2.03. The topological polar surface area (TPSA) is 34.1 Å². The van der Waals surface area contributed by atoms with Crippen molar-refractivity contribution in [3.05, 3.63) is 0 Å². The summed E-state index contributed by atoms with van der Waals surface area (Å²) in [5, 5.41) is 0. The average molecular weight is 329 g/mol. The van der Waals surface area contributed by atoms with Crippen molar-refractivity contribution in [1.29, 1.82) is 0 Å². The van der Waals surface area contributed by atoms with Crippen LogP contribution >= 0.6 is 22.6 Å². The largest absolute Gasteiger partial charge is 0.250 e. The summed E-state index contributed by atoms with van der Waals surface area (Å²) < 4.78 is 22.6. The number of alkyl halides is 1. The van der Waals surface area contributed by atoms with Crippen LogP contribution in [0.15, 0.2) is 0 Å². The Balaban J connectivity index is 4.17. The molecule has 0 atom stereocenters. The van der Waals surface area contributed by atoms with Crippen LogP contribution in [0.2, 0.25) is 0 Å². The Labute approximate surface area is 85.1 Å². The first kappa shape index (κ1) is 11.5. The molecule has 0 aromatic rings. The molecule has 0 aliphatic heterocycles. The van der Waals surface area contributed by atoms with Crippen LogP contribution in [-0.2, 0) is 38.3 Å². The van der Waals surface area contributed by atoms with Gasteiger partial charge in [-0.05, 0) is 6.42 Å². The summed E-state index contributed by atoms with van der Waals surface area (Å²) in [6.07, 6.45) is 0.652. The van der Waals surface area contributed by atoms with Gasteiger partial charge in [0, 0.05) is 10.2 Å². The molecule has 0 radical (unpaired) electrons. The molecule has 62 valence electrons. The van der Waals surface area contributed by atoms with Gasteiger partial charge in [-0.25, -0.2) is 37.8 Å². The molecule has 0 aromatic carbocycles. The fourth-order valence-corrected chi connectivity index (χ4v) is 3.82. The summed E-state index contributed by atoms with van der Waals surface area (Å²) in [6, 6.07) is 0. The van der Waals surface area contributed by atoms with Gasteiger partial charge in [0.2, 0.25) is 0 Å². The van der Waals surface area contributed by atoms with Gasteiger partial charge >= 0.3 is 0 Å². The maximum absolute atomic E-state index is 10.9. The van der Waals surface area contributed by atoms with Crippen LogP contribution in [0.25, 0.3) is 0 Å². The Morgan fingerprint density at radius 3 is 2.20 bits per heavy atom. The van der Waals surface area contributed by atoms with E-state index in [0.29, 0.717) is 6.42 Å². The highest BCUT2D eigenvalue weighted by Gasteiger charge is 1.97. The zero-order valence-electron chi connectivity index (χ0n) is 4.95. The van der Waals surface area contributed by atoms with Crippen LogP contribution in [0.1, 0.15) is 6.42 Å². The minimum Gasteiger partial charge on any atom is -0.250 e. The first-order valence-corrected chi connectivity index (χ1v) is 9.16. The third kappa shape index (κ3) is 4.37. The van der Waals surface area contributed by atoms with Gasteiger partial charge in [-0.3, -0.25) is 0 Å². The van der Waals surface area contributed by atoms with Crippen LogP contribution in [0.3, 0.4) is 0 Å². The molecule has 0 bridgehead atoms. The highest BCUT2D eigenvalue weighted by molar-refractivity contribution is 14.1. The average Bonchev–Trinajstić information content (AvgIpc) is 1.84. The molecule has 0 aliphatic carbocycles. The molecule has 0 heterocycles. The second kappa shape index (κ2) is 5.18. The van der Waals surface area contributed by atoms with Gasteiger partial charge in [-0.2, -0.15) is 0 Å². The molecule has 0 spiro atoms. The molecule has 0 aromatic heterocycles. The summed E-state index contributed by atoms with van der Waals surface area (Å²) in [4.78, 5) is 0. The van der Waals surface area contributed by atoms with E-state index in [2.05, 4.69) is 45.0 Å². The molecular weight excluding hydrogens is 323 g/mol. The Kier molecular flexibility index (Phi) is 5.94. The van der Waals surface area contributed by atoms with Crippen molar-refractivity contribution in [3.8, 4) is 0 Å². The first-order chi connectivity index (χ1) is 4.50. The maximum atomic E-state index is 10.9. The number of hydrogen-bond donors (Lipinski definition) is 0. The predicted molar refractivity (Wildman–Crippen MR) is 59.4 cm³/mol. The van der Waals surface area contributed by atoms with E-state index in [1.807, 2.05) is 0 Å². The van der Waals surface area contributed by atoms with E-state index in [9.17, 15) is 8.42 Å². The standard InChI is InChI=1S/C3H6IO2S4/c4-2-1-3-10(5,6)9(7)8/h1-3H2/q-1. The molecule has 2 nitrogen and oxygen atoms in total. The molecule has 0 amide bonds. The van der Waals surface area contributed by atoms with Gasteiger partial charge in [0.15, 0.2) is 0 Å². The molecule has 0 aliphatic rings. The van der Waals surface area contributed by atoms with E-state index in [1.165, 1.54) is 0 Å². The molecular formula is C3H6IO2S4-. The van der Waals surface area contributed by atoms with Crippen molar-refractivity contribution in [2.45, 2.75) is 6.42 Å². The molecule has 0 unspecified atom stereocenters. The second-order valence-electron chi connectivity index (χ2n) is 1.51. The fourth-order valence-electron chi connectivity index (χ4n) is 0.299. The Bertz CT molecular complexity index is 244. The summed E-state index contributed by atoms with van der Waals surface area (Å²) in [6.45, 7) is 0. The Morgan fingerprint density at radius 2 is 1.90 bits per heavy atom. The number of rotatable bonds is 4. The van der Waals surface area contributed by atoms with E-state index in [-0.39, 0.29) is 5.75 Å². The number of halogens is 1. The third-order valence-corrected chi connectivity index (χ3v) is 8.18. The molecule has 0 saturated carbocycles. The van der Waals surface area contributed by atoms with E-state index in [4.69, 9.17) is 0 Å². The normalized spacial score (nSPS) is 12.2. The molecule has 10 heavy (non-hydrogen) atoms. The van der Waals surface area contributed by atoms with Crippen molar-refractivity contribution < 1.29 is 8.42 Å². The highest BCUT2D eigenvalue weighted by atomic mass is 127. The van der Waals surface area contributed by atoms with Crippen LogP contribution in [-0.4, -0.2) is 18.6 Å². The first-order valence-electron chi connectivity index (χ1n) is 2.39. The smallest absolute Gasteiger partial charge is 0.0903 e. The summed E-state index contributed by atoms with van der Waals surface area (Å²) in [5.41, 5.74) is 0. The number of hydrogen-bond acceptors (Lipinski definition) is 5. The van der Waals surface area contributed by atoms with Crippen LogP contribution in [0.4, 0.5) is 0 Å². The Hall–Kier alpha value is 1.47. The van der Waals surface area contributed by atoms with E-state index < -0.39 is 15.9 Å². The lowest BCUT2D eigenvalue weighted by Crippen LogP contribution is -2.05. The highest BCUT2D eigenvalue weighted by Crippen LogP contribution is 1.97. The van der Waals surface area contributed by atoms with Crippen molar-refractivity contribution in [1.82, 2.24) is 0 Å². The minimum atomic E-state index is -3.11. The SMILES string of the molecule is O=S(=O)(CCCI)[S-](=S)=S. The van der Waals surface area contributed by atoms with Crippen molar-refractivity contribution in [2.24, 2.45) is 0 Å². The van der Waals surface area contributed by atoms with Gasteiger partial charge in [-0.1, -0.05) is 22.6 Å². The monoisotopic (exact) mass is 329 g/mol. The van der Waals surface area contributed by atoms with Crippen LogP contribution < -0.4 is 0 Å². The third-order valence-electron chi connectivity index (χ3n) is 0.735. The van der Waals surface area contributed by atoms with E-state index in [0.717, 1.165) is 4.43 Å². The van der Waals surface area contributed by atoms with Crippen LogP contribution in [0.5, 0.6) is 0 Å². The van der Waals surface area contributed by atoms with Gasteiger partial charge < -0.3 is 0 Å². The zero-order chi connectivity index (χ0) is 8.20. The van der Waals surface area contributed by atoms with E-state index >= 15 is 0 Å². The second-order valence-corrected chi connectivity index (χ2v) is 10.9. The lowest BCUT2D eigenvalue weighted by molar-refractivity contribution is 0.609. The molecule has 7 heteroatoms. The van der Waals surface area contributed by atoms with Gasteiger partial charge in [0.05, 0.1) is 8.87 Å². The fraction of sp³-hybridized carbons (Fsp3) is 1.00. The van der Waals surface area contributed by atoms with Crippen molar-refractivity contribution in [3.63, 3.8) is 0 Å².